The van der Waals surface area contributed by atoms with E-state index in [9.17, 15) is 9.69 Å². The van der Waals surface area contributed by atoms with Crippen LogP contribution in [0.2, 0.25) is 0 Å². The number of fused-ring (bicyclic) bond motifs is 1. The Bertz CT molecular complexity index is 1150. The molecule has 12 nitrogen and oxygen atoms in total. The van der Waals surface area contributed by atoms with Gasteiger partial charge < -0.3 is 0 Å². The fraction of sp³-hybridized carbons (Fsp3) is 0.368. The van der Waals surface area contributed by atoms with Crippen LogP contribution in [-0.4, -0.2) is 70.9 Å². The van der Waals surface area contributed by atoms with Crippen LogP contribution < -0.4 is 11.1 Å². The van der Waals surface area contributed by atoms with Gasteiger partial charge in [0.2, 0.25) is 0 Å². The SMILES string of the molecule is B[PH](O)(OC)OC[C@@H]1C[C@H](OC(=O)c2ccccc2NC)[C@H](n2cnc3c(N)ncnc32)O1. The number of carbonyl (C=O) groups is 1. The normalized spacial score (nSPS) is 21.2. The third-order valence-electron chi connectivity index (χ3n) is 5.40. The molecule has 176 valence electrons. The number of aromatic nitrogens is 4. The third kappa shape index (κ3) is 4.92. The van der Waals surface area contributed by atoms with Gasteiger partial charge in [-0.1, -0.05) is 0 Å². The Kier molecular flexibility index (Phi) is 6.77. The van der Waals surface area contributed by atoms with Gasteiger partial charge in [0, 0.05) is 0 Å². The van der Waals surface area contributed by atoms with Crippen molar-refractivity contribution in [1.29, 1.82) is 0 Å². The van der Waals surface area contributed by atoms with Gasteiger partial charge >= 0.3 is 191 Å². The molecule has 14 heteroatoms. The second-order valence-corrected chi connectivity index (χ2v) is 10.1. The number of hydrogen-bond donors (Lipinski definition) is 3. The first-order valence-electron chi connectivity index (χ1n) is 10.3. The summed E-state index contributed by atoms with van der Waals surface area (Å²) in [6.45, 7) is 0.0640. The predicted molar refractivity (Wildman–Crippen MR) is 125 cm³/mol. The average Bonchev–Trinajstić information content (AvgIpc) is 3.42. The summed E-state index contributed by atoms with van der Waals surface area (Å²) in [5.41, 5.74) is 7.82. The van der Waals surface area contributed by atoms with E-state index in [1.54, 1.807) is 29.8 Å². The van der Waals surface area contributed by atoms with Gasteiger partial charge in [0.1, 0.15) is 0 Å². The summed E-state index contributed by atoms with van der Waals surface area (Å²) >= 11 is 0. The standard InChI is InChI=1S/C19H26BN6O6P/c1-22-13-6-4-3-5-12(13)19(27)32-14-7-11(8-30-33(20,28)29-2)31-18(14)26-10-25-15-16(21)23-9-24-17(15)26/h3-6,9-11,14,18,22,28,33H,7-8,20H2,1-2H3,(H2,21,23,24)/t11-,14-,18+/m0/s1. The molecule has 2 aromatic heterocycles. The van der Waals surface area contributed by atoms with Gasteiger partial charge in [-0.25, -0.2) is 0 Å². The minimum atomic E-state index is -3.26. The average molecular weight is 476 g/mol. The number of rotatable bonds is 8. The van der Waals surface area contributed by atoms with Crippen molar-refractivity contribution in [3.63, 3.8) is 0 Å². The molecule has 3 atom stereocenters. The van der Waals surface area contributed by atoms with E-state index in [0.717, 1.165) is 0 Å². The molecule has 0 unspecified atom stereocenters. The number of hydrogen-bond acceptors (Lipinski definition) is 11. The van der Waals surface area contributed by atoms with Crippen molar-refractivity contribution in [3.05, 3.63) is 42.5 Å². The molecule has 1 aromatic carbocycles. The Balaban J connectivity index is 1.61. The molecule has 0 saturated carbocycles. The van der Waals surface area contributed by atoms with Crippen LogP contribution >= 0.6 is 7.82 Å². The number of anilines is 2. The molecule has 4 rings (SSSR count). The molecule has 1 aliphatic rings. The first-order valence-corrected chi connectivity index (χ1v) is 12.6. The van der Waals surface area contributed by atoms with Crippen LogP contribution in [0.1, 0.15) is 23.0 Å². The number of benzene rings is 1. The maximum atomic E-state index is 13.0. The van der Waals surface area contributed by atoms with Gasteiger partial charge in [0.05, 0.1) is 0 Å². The zero-order valence-electron chi connectivity index (χ0n) is 18.5. The number of nitrogens with one attached hydrogen (secondary N) is 1. The Morgan fingerprint density at radius 2 is 2.18 bits per heavy atom. The predicted octanol–water partition coefficient (Wildman–Crippen LogP) is 0.662. The molecule has 0 radical (unpaired) electrons. The molecule has 1 saturated heterocycles. The Morgan fingerprint density at radius 1 is 1.39 bits per heavy atom. The van der Waals surface area contributed by atoms with Gasteiger partial charge in [-0.2, -0.15) is 0 Å². The number of nitrogen functional groups attached to an aromatic ring is 1. The number of para-hydroxylation sites is 1. The summed E-state index contributed by atoms with van der Waals surface area (Å²) in [5.74, 6) is -0.271. The molecule has 1 fully saturated rings. The van der Waals surface area contributed by atoms with Crippen molar-refractivity contribution < 1.29 is 28.2 Å². The van der Waals surface area contributed by atoms with Crippen molar-refractivity contribution in [1.82, 2.24) is 19.5 Å². The number of imidazole rings is 1. The summed E-state index contributed by atoms with van der Waals surface area (Å²) in [4.78, 5) is 35.6. The van der Waals surface area contributed by atoms with Crippen molar-refractivity contribution >= 4 is 44.0 Å². The fourth-order valence-electron chi connectivity index (χ4n) is 3.62. The minimum absolute atomic E-state index is 0.0640. The molecular formula is C19H26BN6O6P. The Hall–Kier alpha value is -2.83. The van der Waals surface area contributed by atoms with E-state index in [-0.39, 0.29) is 12.4 Å². The van der Waals surface area contributed by atoms with E-state index in [2.05, 4.69) is 20.3 Å². The topological polar surface area (TPSA) is 156 Å². The number of nitrogens with two attached hydrogens (primary N) is 1. The Morgan fingerprint density at radius 3 is 2.94 bits per heavy atom. The molecule has 0 amide bonds. The molecule has 3 aromatic rings. The van der Waals surface area contributed by atoms with Crippen molar-refractivity contribution in [2.24, 2.45) is 0 Å². The number of nitrogens with zero attached hydrogens (tertiary/aromatic N) is 4. The molecule has 3 heterocycles. The van der Waals surface area contributed by atoms with Gasteiger partial charge in [-0.15, -0.1) is 0 Å². The second kappa shape index (κ2) is 9.58. The van der Waals surface area contributed by atoms with Crippen LogP contribution in [0, 0.1) is 0 Å². The quantitative estimate of drug-likeness (QED) is 0.239. The zero-order valence-corrected chi connectivity index (χ0v) is 19.5. The van der Waals surface area contributed by atoms with E-state index in [4.69, 9.17) is 24.3 Å². The van der Waals surface area contributed by atoms with E-state index in [1.165, 1.54) is 27.3 Å². The summed E-state index contributed by atoms with van der Waals surface area (Å²) in [6.07, 6.45) is 1.28. The first-order chi connectivity index (χ1) is 15.8. The molecule has 0 bridgehead atoms. The summed E-state index contributed by atoms with van der Waals surface area (Å²) in [6, 6.07) is 7.06. The monoisotopic (exact) mass is 476 g/mol. The summed E-state index contributed by atoms with van der Waals surface area (Å²) < 4.78 is 24.2. The maximum absolute atomic E-state index is 13.0. The van der Waals surface area contributed by atoms with Crippen LogP contribution in [0.5, 0.6) is 0 Å². The third-order valence-corrected chi connectivity index (χ3v) is 6.86. The van der Waals surface area contributed by atoms with E-state index in [0.29, 0.717) is 28.8 Å². The fourth-order valence-corrected chi connectivity index (χ4v) is 4.23. The number of ether oxygens (including phenoxy) is 2. The zero-order chi connectivity index (χ0) is 23.6. The first kappa shape index (κ1) is 23.3. The van der Waals surface area contributed by atoms with Crippen molar-refractivity contribution in [2.45, 2.75) is 24.9 Å². The van der Waals surface area contributed by atoms with Crippen LogP contribution in [0.15, 0.2) is 36.9 Å². The van der Waals surface area contributed by atoms with Crippen molar-refractivity contribution in [3.8, 4) is 0 Å². The molecule has 0 aliphatic carbocycles. The Labute approximate surface area is 191 Å². The second-order valence-electron chi connectivity index (χ2n) is 7.62. The summed E-state index contributed by atoms with van der Waals surface area (Å²) in [5, 5.41) is 2.99. The molecular weight excluding hydrogens is 450 g/mol. The van der Waals surface area contributed by atoms with Gasteiger partial charge in [-0.05, 0) is 0 Å². The molecule has 33 heavy (non-hydrogen) atoms. The van der Waals surface area contributed by atoms with E-state index in [1.807, 2.05) is 6.07 Å². The van der Waals surface area contributed by atoms with Crippen LogP contribution in [0.3, 0.4) is 0 Å². The van der Waals surface area contributed by atoms with Crippen LogP contribution in [-0.2, 0) is 18.5 Å². The molecule has 4 N–H and O–H groups in total. The van der Waals surface area contributed by atoms with Gasteiger partial charge in [-0.3, -0.25) is 0 Å². The van der Waals surface area contributed by atoms with Crippen molar-refractivity contribution in [2.75, 3.05) is 31.8 Å². The van der Waals surface area contributed by atoms with E-state index < -0.39 is 32.2 Å². The van der Waals surface area contributed by atoms with Crippen LogP contribution in [0.4, 0.5) is 11.5 Å². The van der Waals surface area contributed by atoms with Gasteiger partial charge in [0.15, 0.2) is 0 Å². The van der Waals surface area contributed by atoms with Gasteiger partial charge in [0.25, 0.3) is 0 Å². The molecule has 0 spiro atoms. The number of esters is 1. The summed E-state index contributed by atoms with van der Waals surface area (Å²) in [7, 11) is 1.37. The van der Waals surface area contributed by atoms with Crippen LogP contribution in [0.25, 0.3) is 11.2 Å². The molecule has 1 aliphatic heterocycles. The number of carbonyl (C=O) groups excluding carboxylic acids is 1. The van der Waals surface area contributed by atoms with E-state index >= 15 is 0 Å².